The van der Waals surface area contributed by atoms with E-state index in [1.165, 1.54) is 16.7 Å². The highest BCUT2D eigenvalue weighted by Gasteiger charge is 2.25. The van der Waals surface area contributed by atoms with E-state index in [-0.39, 0.29) is 12.4 Å². The molecule has 142 valence electrons. The summed E-state index contributed by atoms with van der Waals surface area (Å²) in [6.07, 6.45) is 6.70. The number of aliphatic carboxylic acids is 1. The Bertz CT molecular complexity index is 774. The van der Waals surface area contributed by atoms with Crippen molar-refractivity contribution in [2.24, 2.45) is 5.92 Å². The van der Waals surface area contributed by atoms with Crippen LogP contribution in [-0.2, 0) is 17.6 Å². The van der Waals surface area contributed by atoms with E-state index in [1.807, 2.05) is 6.92 Å². The fraction of sp³-hybridized carbons (Fsp3) is 0.476. The normalized spacial score (nSPS) is 12.0. The number of carboxylic acids is 1. The molecule has 1 unspecified atom stereocenters. The summed E-state index contributed by atoms with van der Waals surface area (Å²) in [6, 6.07) is 0. The first kappa shape index (κ1) is 22.1. The van der Waals surface area contributed by atoms with Crippen molar-refractivity contribution in [1.29, 1.82) is 0 Å². The topological polar surface area (TPSA) is 63.1 Å². The Labute approximate surface area is 162 Å². The number of aromatic nitrogens is 2. The Morgan fingerprint density at radius 3 is 2.19 bits per heavy atom. The van der Waals surface area contributed by atoms with E-state index in [0.29, 0.717) is 12.3 Å². The molecule has 2 aromatic rings. The third-order valence-electron chi connectivity index (χ3n) is 5.04. The standard InChI is InChI=1S/C21H28N2O2.ClH/c1-12(2)9-18-13(3)14(4)20(16(6)21(24)25)19(15(18)5)10-17-11-22-7-8-23-17;/h7-8,11-12,16H,9-10H2,1-6H3,(H,24,25);1H. The summed E-state index contributed by atoms with van der Waals surface area (Å²) < 4.78 is 0. The summed E-state index contributed by atoms with van der Waals surface area (Å²) in [7, 11) is 0. The zero-order chi connectivity index (χ0) is 18.7. The van der Waals surface area contributed by atoms with Gasteiger partial charge >= 0.3 is 5.97 Å². The molecule has 4 nitrogen and oxygen atoms in total. The van der Waals surface area contributed by atoms with Crippen LogP contribution in [-0.4, -0.2) is 21.0 Å². The summed E-state index contributed by atoms with van der Waals surface area (Å²) >= 11 is 0. The lowest BCUT2D eigenvalue weighted by Gasteiger charge is -2.25. The lowest BCUT2D eigenvalue weighted by atomic mass is 9.80. The second-order valence-corrected chi connectivity index (χ2v) is 7.28. The van der Waals surface area contributed by atoms with E-state index >= 15 is 0 Å². The quantitative estimate of drug-likeness (QED) is 0.786. The Kier molecular flexibility index (Phi) is 7.76. The van der Waals surface area contributed by atoms with Crippen LogP contribution in [0.15, 0.2) is 18.6 Å². The van der Waals surface area contributed by atoms with Crippen LogP contribution >= 0.6 is 12.4 Å². The number of benzene rings is 1. The van der Waals surface area contributed by atoms with Gasteiger partial charge in [0, 0.05) is 25.0 Å². The molecule has 0 aliphatic carbocycles. The molecule has 0 radical (unpaired) electrons. The predicted octanol–water partition coefficient (Wildman–Crippen LogP) is 4.80. The number of nitrogens with zero attached hydrogens (tertiary/aromatic N) is 2. The Hall–Kier alpha value is -1.94. The Balaban J connectivity index is 0.00000338. The van der Waals surface area contributed by atoms with Crippen LogP contribution in [0.2, 0.25) is 0 Å². The minimum absolute atomic E-state index is 0. The van der Waals surface area contributed by atoms with Crippen molar-refractivity contribution in [2.75, 3.05) is 0 Å². The van der Waals surface area contributed by atoms with Gasteiger partial charge in [-0.2, -0.15) is 0 Å². The maximum absolute atomic E-state index is 11.7. The van der Waals surface area contributed by atoms with Gasteiger partial charge in [0.2, 0.25) is 0 Å². The summed E-state index contributed by atoms with van der Waals surface area (Å²) in [6.45, 7) is 12.5. The van der Waals surface area contributed by atoms with Crippen molar-refractivity contribution < 1.29 is 9.90 Å². The molecule has 1 heterocycles. The van der Waals surface area contributed by atoms with E-state index in [4.69, 9.17) is 0 Å². The van der Waals surface area contributed by atoms with E-state index < -0.39 is 11.9 Å². The number of carbonyl (C=O) groups is 1. The number of rotatable bonds is 6. The first-order chi connectivity index (χ1) is 11.7. The molecule has 26 heavy (non-hydrogen) atoms. The highest BCUT2D eigenvalue weighted by molar-refractivity contribution is 5.85. The first-order valence-electron chi connectivity index (χ1n) is 8.83. The predicted molar refractivity (Wildman–Crippen MR) is 107 cm³/mol. The highest BCUT2D eigenvalue weighted by Crippen LogP contribution is 2.34. The van der Waals surface area contributed by atoms with Crippen LogP contribution in [0.1, 0.15) is 65.8 Å². The van der Waals surface area contributed by atoms with Crippen molar-refractivity contribution in [3.8, 4) is 0 Å². The molecule has 0 saturated carbocycles. The van der Waals surface area contributed by atoms with E-state index in [0.717, 1.165) is 28.8 Å². The zero-order valence-electron chi connectivity index (χ0n) is 16.5. The first-order valence-corrected chi connectivity index (χ1v) is 8.83. The third-order valence-corrected chi connectivity index (χ3v) is 5.04. The summed E-state index contributed by atoms with van der Waals surface area (Å²) in [5, 5.41) is 9.62. The van der Waals surface area contributed by atoms with Crippen molar-refractivity contribution in [3.63, 3.8) is 0 Å². The Morgan fingerprint density at radius 1 is 1.04 bits per heavy atom. The average molecular weight is 377 g/mol. The van der Waals surface area contributed by atoms with Gasteiger partial charge in [0.25, 0.3) is 0 Å². The molecule has 0 bridgehead atoms. The largest absolute Gasteiger partial charge is 0.481 e. The Morgan fingerprint density at radius 2 is 1.69 bits per heavy atom. The van der Waals surface area contributed by atoms with E-state index in [2.05, 4.69) is 37.7 Å². The van der Waals surface area contributed by atoms with Crippen molar-refractivity contribution in [2.45, 2.75) is 60.3 Å². The van der Waals surface area contributed by atoms with Gasteiger partial charge < -0.3 is 5.11 Å². The fourth-order valence-electron chi connectivity index (χ4n) is 3.57. The fourth-order valence-corrected chi connectivity index (χ4v) is 3.57. The molecule has 1 N–H and O–H groups in total. The zero-order valence-corrected chi connectivity index (χ0v) is 17.3. The van der Waals surface area contributed by atoms with Crippen LogP contribution < -0.4 is 0 Å². The summed E-state index contributed by atoms with van der Waals surface area (Å²) in [5.74, 6) is -0.792. The third kappa shape index (κ3) is 4.61. The number of hydrogen-bond acceptors (Lipinski definition) is 3. The van der Waals surface area contributed by atoms with Gasteiger partial charge in [0.15, 0.2) is 0 Å². The molecule has 0 amide bonds. The molecule has 0 saturated heterocycles. The number of halogens is 1. The summed E-state index contributed by atoms with van der Waals surface area (Å²) in [4.78, 5) is 20.3. The minimum Gasteiger partial charge on any atom is -0.481 e. The summed E-state index contributed by atoms with van der Waals surface area (Å²) in [5.41, 5.74) is 7.74. The second-order valence-electron chi connectivity index (χ2n) is 7.28. The van der Waals surface area contributed by atoms with Crippen molar-refractivity contribution in [1.82, 2.24) is 9.97 Å². The minimum atomic E-state index is -0.793. The number of hydrogen-bond donors (Lipinski definition) is 1. The molecule has 0 spiro atoms. The van der Waals surface area contributed by atoms with E-state index in [1.54, 1.807) is 25.5 Å². The molecule has 0 aliphatic heterocycles. The van der Waals surface area contributed by atoms with Gasteiger partial charge in [-0.3, -0.25) is 14.8 Å². The molecule has 0 fully saturated rings. The maximum Gasteiger partial charge on any atom is 0.310 e. The van der Waals surface area contributed by atoms with Crippen LogP contribution in [0.5, 0.6) is 0 Å². The molecule has 2 rings (SSSR count). The molecule has 1 aromatic carbocycles. The van der Waals surface area contributed by atoms with Gasteiger partial charge in [-0.15, -0.1) is 12.4 Å². The highest BCUT2D eigenvalue weighted by atomic mass is 35.5. The van der Waals surface area contributed by atoms with Gasteiger partial charge in [-0.1, -0.05) is 13.8 Å². The van der Waals surface area contributed by atoms with Crippen LogP contribution in [0, 0.1) is 26.7 Å². The molecule has 0 aliphatic rings. The molecular formula is C21H29ClN2O2. The van der Waals surface area contributed by atoms with Crippen molar-refractivity contribution in [3.05, 3.63) is 57.7 Å². The van der Waals surface area contributed by atoms with Gasteiger partial charge in [0.05, 0.1) is 11.6 Å². The van der Waals surface area contributed by atoms with Gasteiger partial charge in [-0.25, -0.2) is 0 Å². The van der Waals surface area contributed by atoms with Crippen molar-refractivity contribution >= 4 is 18.4 Å². The van der Waals surface area contributed by atoms with Crippen LogP contribution in [0.25, 0.3) is 0 Å². The SMILES string of the molecule is Cc1c(C)c(C(C)C(=O)O)c(Cc2cnccn2)c(C)c1CC(C)C.Cl. The van der Waals surface area contributed by atoms with Crippen LogP contribution in [0.3, 0.4) is 0 Å². The molecule has 1 aromatic heterocycles. The average Bonchev–Trinajstić information content (AvgIpc) is 2.57. The lowest BCUT2D eigenvalue weighted by molar-refractivity contribution is -0.138. The number of carboxylic acid groups (broad SMARTS) is 1. The maximum atomic E-state index is 11.7. The monoisotopic (exact) mass is 376 g/mol. The lowest BCUT2D eigenvalue weighted by Crippen LogP contribution is -2.17. The second kappa shape index (κ2) is 9.13. The van der Waals surface area contributed by atoms with Crippen LogP contribution in [0.4, 0.5) is 0 Å². The van der Waals surface area contributed by atoms with Gasteiger partial charge in [-0.05, 0) is 73.4 Å². The molecule has 1 atom stereocenters. The van der Waals surface area contributed by atoms with Gasteiger partial charge in [0.1, 0.15) is 0 Å². The molecular weight excluding hydrogens is 348 g/mol. The molecule has 5 heteroatoms. The smallest absolute Gasteiger partial charge is 0.310 e. The van der Waals surface area contributed by atoms with E-state index in [9.17, 15) is 9.90 Å².